The predicted molar refractivity (Wildman–Crippen MR) is 131 cm³/mol. The Morgan fingerprint density at radius 1 is 1.10 bits per heavy atom. The number of benzene rings is 1. The van der Waals surface area contributed by atoms with Crippen LogP contribution in [0.5, 0.6) is 0 Å². The lowest BCUT2D eigenvalue weighted by Crippen LogP contribution is -2.49. The van der Waals surface area contributed by atoms with Crippen molar-refractivity contribution in [2.24, 2.45) is 4.99 Å². The average Bonchev–Trinajstić information content (AvgIpc) is 2.73. The minimum Gasteiger partial charge on any atom is -0.355 e. The molecule has 0 spiro atoms. The molecule has 0 saturated carbocycles. The summed E-state index contributed by atoms with van der Waals surface area (Å²) in [5.74, 6) is 1.56. The maximum Gasteiger partial charge on any atom is 0.225 e. The van der Waals surface area contributed by atoms with E-state index in [1.807, 2.05) is 18.2 Å². The average molecular weight is 550 g/mol. The molecule has 2 N–H and O–H groups in total. The molecule has 3 rings (SSSR count). The van der Waals surface area contributed by atoms with Gasteiger partial charge in [0.1, 0.15) is 0 Å². The monoisotopic (exact) mass is 549 g/mol. The van der Waals surface area contributed by atoms with Crippen LogP contribution in [-0.4, -0.2) is 67.1 Å². The van der Waals surface area contributed by atoms with Gasteiger partial charge in [0.15, 0.2) is 5.96 Å². The van der Waals surface area contributed by atoms with Crippen molar-refractivity contribution in [2.45, 2.75) is 6.54 Å². The molecule has 158 valence electrons. The SMILES string of the molecule is CN=C(NCCN1CCN(c2ncccn2)CC1)NCc1ccc(Cl)cc1Cl.I. The Morgan fingerprint density at radius 3 is 2.48 bits per heavy atom. The topological polar surface area (TPSA) is 68.7 Å². The van der Waals surface area contributed by atoms with Gasteiger partial charge in [0, 0.05) is 75.3 Å². The number of guanidine groups is 1. The van der Waals surface area contributed by atoms with Crippen molar-refractivity contribution in [3.8, 4) is 0 Å². The summed E-state index contributed by atoms with van der Waals surface area (Å²) in [4.78, 5) is 17.6. The fourth-order valence-corrected chi connectivity index (χ4v) is 3.50. The van der Waals surface area contributed by atoms with Crippen LogP contribution in [0.3, 0.4) is 0 Å². The molecule has 0 aliphatic carbocycles. The first-order valence-electron chi connectivity index (χ1n) is 9.28. The number of halogens is 3. The molecular formula is C19H26Cl2IN7. The number of anilines is 1. The van der Waals surface area contributed by atoms with Gasteiger partial charge in [0.05, 0.1) is 0 Å². The summed E-state index contributed by atoms with van der Waals surface area (Å²) >= 11 is 12.2. The van der Waals surface area contributed by atoms with E-state index in [-0.39, 0.29) is 24.0 Å². The van der Waals surface area contributed by atoms with Crippen molar-refractivity contribution in [2.75, 3.05) is 51.2 Å². The molecule has 0 atom stereocenters. The Balaban J connectivity index is 0.00000300. The van der Waals surface area contributed by atoms with E-state index in [0.717, 1.165) is 56.7 Å². The molecule has 29 heavy (non-hydrogen) atoms. The van der Waals surface area contributed by atoms with Crippen molar-refractivity contribution in [1.29, 1.82) is 0 Å². The molecule has 0 bridgehead atoms. The van der Waals surface area contributed by atoms with Crippen LogP contribution >= 0.6 is 47.2 Å². The minimum absolute atomic E-state index is 0. The summed E-state index contributed by atoms with van der Waals surface area (Å²) in [6, 6.07) is 7.34. The smallest absolute Gasteiger partial charge is 0.225 e. The molecule has 2 aromatic rings. The second-order valence-corrected chi connectivity index (χ2v) is 7.31. The Hall–Kier alpha value is -1.36. The van der Waals surface area contributed by atoms with Crippen LogP contribution in [0.2, 0.25) is 10.0 Å². The van der Waals surface area contributed by atoms with Crippen molar-refractivity contribution in [3.63, 3.8) is 0 Å². The number of aliphatic imine (C=N–C) groups is 1. The first-order valence-corrected chi connectivity index (χ1v) is 10.0. The molecule has 1 fully saturated rings. The van der Waals surface area contributed by atoms with Gasteiger partial charge in [-0.1, -0.05) is 29.3 Å². The van der Waals surface area contributed by atoms with E-state index in [1.54, 1.807) is 25.5 Å². The Kier molecular flexibility index (Phi) is 10.2. The summed E-state index contributed by atoms with van der Waals surface area (Å²) in [5.41, 5.74) is 0.980. The van der Waals surface area contributed by atoms with Crippen molar-refractivity contribution in [1.82, 2.24) is 25.5 Å². The van der Waals surface area contributed by atoms with Crippen LogP contribution in [-0.2, 0) is 6.54 Å². The van der Waals surface area contributed by atoms with Gasteiger partial charge < -0.3 is 15.5 Å². The Bertz CT molecular complexity index is 783. The second kappa shape index (κ2) is 12.4. The second-order valence-electron chi connectivity index (χ2n) is 6.47. The molecular weight excluding hydrogens is 524 g/mol. The maximum atomic E-state index is 6.21. The van der Waals surface area contributed by atoms with E-state index in [9.17, 15) is 0 Å². The largest absolute Gasteiger partial charge is 0.355 e. The highest BCUT2D eigenvalue weighted by Gasteiger charge is 2.18. The molecule has 0 amide bonds. The van der Waals surface area contributed by atoms with E-state index in [2.05, 4.69) is 35.4 Å². The van der Waals surface area contributed by atoms with E-state index in [0.29, 0.717) is 16.6 Å². The summed E-state index contributed by atoms with van der Waals surface area (Å²) in [6.45, 7) is 6.21. The highest BCUT2D eigenvalue weighted by atomic mass is 127. The van der Waals surface area contributed by atoms with Crippen LogP contribution in [0.4, 0.5) is 5.95 Å². The van der Waals surface area contributed by atoms with Crippen LogP contribution in [0.25, 0.3) is 0 Å². The van der Waals surface area contributed by atoms with Gasteiger partial charge in [0.25, 0.3) is 0 Å². The molecule has 1 aromatic carbocycles. The van der Waals surface area contributed by atoms with Gasteiger partial charge in [0.2, 0.25) is 5.95 Å². The van der Waals surface area contributed by atoms with Crippen LogP contribution in [0.1, 0.15) is 5.56 Å². The summed E-state index contributed by atoms with van der Waals surface area (Å²) < 4.78 is 0. The number of hydrogen-bond donors (Lipinski definition) is 2. The zero-order valence-corrected chi connectivity index (χ0v) is 20.2. The molecule has 1 aliphatic heterocycles. The van der Waals surface area contributed by atoms with Gasteiger partial charge >= 0.3 is 0 Å². The van der Waals surface area contributed by atoms with Gasteiger partial charge in [-0.15, -0.1) is 24.0 Å². The molecule has 1 saturated heterocycles. The summed E-state index contributed by atoms with van der Waals surface area (Å²) in [6.07, 6.45) is 3.57. The number of nitrogens with one attached hydrogen (secondary N) is 2. The maximum absolute atomic E-state index is 6.21. The molecule has 1 aromatic heterocycles. The molecule has 10 heteroatoms. The summed E-state index contributed by atoms with van der Waals surface area (Å²) in [7, 11) is 1.76. The van der Waals surface area contributed by atoms with Crippen molar-refractivity contribution >= 4 is 59.1 Å². The third-order valence-corrected chi connectivity index (χ3v) is 5.20. The first kappa shape index (κ1) is 23.9. The fourth-order valence-electron chi connectivity index (χ4n) is 3.02. The third-order valence-electron chi connectivity index (χ3n) is 4.61. The number of hydrogen-bond acceptors (Lipinski definition) is 5. The molecule has 0 unspecified atom stereocenters. The van der Waals surface area contributed by atoms with E-state index < -0.39 is 0 Å². The highest BCUT2D eigenvalue weighted by Crippen LogP contribution is 2.20. The number of nitrogens with zero attached hydrogens (tertiary/aromatic N) is 5. The lowest BCUT2D eigenvalue weighted by atomic mass is 10.2. The first-order chi connectivity index (χ1) is 13.7. The third kappa shape index (κ3) is 7.44. The van der Waals surface area contributed by atoms with Gasteiger partial charge in [-0.25, -0.2) is 9.97 Å². The normalized spacial score (nSPS) is 15.0. The molecule has 2 heterocycles. The van der Waals surface area contributed by atoms with Gasteiger partial charge in [-0.05, 0) is 23.8 Å². The van der Waals surface area contributed by atoms with E-state index in [4.69, 9.17) is 23.2 Å². The number of aromatic nitrogens is 2. The lowest BCUT2D eigenvalue weighted by Gasteiger charge is -2.34. The van der Waals surface area contributed by atoms with Crippen LogP contribution < -0.4 is 15.5 Å². The molecule has 0 radical (unpaired) electrons. The zero-order chi connectivity index (χ0) is 19.8. The molecule has 1 aliphatic rings. The number of piperazine rings is 1. The Morgan fingerprint density at radius 2 is 1.83 bits per heavy atom. The lowest BCUT2D eigenvalue weighted by molar-refractivity contribution is 0.260. The highest BCUT2D eigenvalue weighted by molar-refractivity contribution is 14.0. The van der Waals surface area contributed by atoms with Gasteiger partial charge in [-0.3, -0.25) is 9.89 Å². The number of rotatable bonds is 6. The fraction of sp³-hybridized carbons (Fsp3) is 0.421. The van der Waals surface area contributed by atoms with Gasteiger partial charge in [-0.2, -0.15) is 0 Å². The Labute approximate surface area is 198 Å². The van der Waals surface area contributed by atoms with E-state index >= 15 is 0 Å². The van der Waals surface area contributed by atoms with E-state index in [1.165, 1.54) is 0 Å². The quantitative estimate of drug-likeness (QED) is 0.328. The zero-order valence-electron chi connectivity index (χ0n) is 16.3. The van der Waals surface area contributed by atoms with Crippen LogP contribution in [0.15, 0.2) is 41.7 Å². The standard InChI is InChI=1S/C19H25Cl2N7.HI/c1-22-18(26-14-15-3-4-16(20)13-17(15)21)23-7-8-27-9-11-28(12-10-27)19-24-5-2-6-25-19;/h2-6,13H,7-12,14H2,1H3,(H2,22,23,26);1H. The van der Waals surface area contributed by atoms with Crippen molar-refractivity contribution in [3.05, 3.63) is 52.3 Å². The minimum atomic E-state index is 0. The molecule has 7 nitrogen and oxygen atoms in total. The predicted octanol–water partition coefficient (Wildman–Crippen LogP) is 2.89. The van der Waals surface area contributed by atoms with Crippen LogP contribution in [0, 0.1) is 0 Å². The van der Waals surface area contributed by atoms with Crippen molar-refractivity contribution < 1.29 is 0 Å². The summed E-state index contributed by atoms with van der Waals surface area (Å²) in [5, 5.41) is 7.91.